The van der Waals surface area contributed by atoms with Crippen LogP contribution in [0.3, 0.4) is 0 Å². The number of nitrogens with zero attached hydrogens (tertiary/aromatic N) is 2. The second kappa shape index (κ2) is 6.61. The summed E-state index contributed by atoms with van der Waals surface area (Å²) in [5, 5.41) is 0. The summed E-state index contributed by atoms with van der Waals surface area (Å²) in [6.45, 7) is 13.1. The van der Waals surface area contributed by atoms with Crippen molar-refractivity contribution in [2.45, 2.75) is 53.1 Å². The summed E-state index contributed by atoms with van der Waals surface area (Å²) in [5.41, 5.74) is 0. The van der Waals surface area contributed by atoms with Gasteiger partial charge in [-0.05, 0) is 44.8 Å². The highest BCUT2D eigenvalue weighted by Crippen LogP contribution is 2.20. The molecule has 96 valence electrons. The van der Waals surface area contributed by atoms with Gasteiger partial charge in [0.05, 0.1) is 6.17 Å². The van der Waals surface area contributed by atoms with E-state index in [9.17, 15) is 0 Å². The summed E-state index contributed by atoms with van der Waals surface area (Å²) in [4.78, 5) is 5.25. The fourth-order valence-corrected chi connectivity index (χ4v) is 3.08. The lowest BCUT2D eigenvalue weighted by Crippen LogP contribution is -2.52. The van der Waals surface area contributed by atoms with Crippen molar-refractivity contribution in [1.82, 2.24) is 9.80 Å². The zero-order valence-corrected chi connectivity index (χ0v) is 11.9. The summed E-state index contributed by atoms with van der Waals surface area (Å²) >= 11 is 0. The zero-order valence-electron chi connectivity index (χ0n) is 11.9. The number of hydrogen-bond donors (Lipinski definition) is 0. The molecule has 0 aliphatic carbocycles. The monoisotopic (exact) mass is 226 g/mol. The predicted molar refractivity (Wildman–Crippen MR) is 71.5 cm³/mol. The molecular formula is C14H30N2. The number of hydrogen-bond acceptors (Lipinski definition) is 2. The van der Waals surface area contributed by atoms with Crippen LogP contribution in [0.4, 0.5) is 0 Å². The van der Waals surface area contributed by atoms with Crippen molar-refractivity contribution in [3.63, 3.8) is 0 Å². The van der Waals surface area contributed by atoms with Crippen LogP contribution in [-0.2, 0) is 0 Å². The molecule has 2 nitrogen and oxygen atoms in total. The Labute approximate surface area is 102 Å². The second-order valence-electron chi connectivity index (χ2n) is 6.09. The molecule has 0 amide bonds. The molecule has 16 heavy (non-hydrogen) atoms. The highest BCUT2D eigenvalue weighted by Gasteiger charge is 2.26. The van der Waals surface area contributed by atoms with Gasteiger partial charge in [-0.2, -0.15) is 0 Å². The Hall–Kier alpha value is -0.0800. The summed E-state index contributed by atoms with van der Waals surface area (Å²) in [7, 11) is 2.29. The van der Waals surface area contributed by atoms with E-state index in [1.807, 2.05) is 0 Å². The van der Waals surface area contributed by atoms with Crippen molar-refractivity contribution in [1.29, 1.82) is 0 Å². The van der Waals surface area contributed by atoms with Gasteiger partial charge in [0.25, 0.3) is 0 Å². The first-order valence-corrected chi connectivity index (χ1v) is 6.96. The Bertz CT molecular complexity index is 183. The van der Waals surface area contributed by atoms with E-state index in [0.29, 0.717) is 6.17 Å². The molecule has 0 bridgehead atoms. The van der Waals surface area contributed by atoms with Crippen LogP contribution in [0.25, 0.3) is 0 Å². The lowest BCUT2D eigenvalue weighted by atomic mass is 10.0. The first-order valence-electron chi connectivity index (χ1n) is 6.96. The molecule has 1 rings (SSSR count). The Morgan fingerprint density at radius 1 is 1.00 bits per heavy atom. The van der Waals surface area contributed by atoms with Gasteiger partial charge >= 0.3 is 0 Å². The topological polar surface area (TPSA) is 6.48 Å². The fourth-order valence-electron chi connectivity index (χ4n) is 3.08. The van der Waals surface area contributed by atoms with Crippen LogP contribution in [-0.4, -0.2) is 42.6 Å². The van der Waals surface area contributed by atoms with Crippen molar-refractivity contribution in [2.24, 2.45) is 11.8 Å². The second-order valence-corrected chi connectivity index (χ2v) is 6.09. The van der Waals surface area contributed by atoms with E-state index in [2.05, 4.69) is 44.5 Å². The standard InChI is InChI=1S/C14H30N2/c1-12(2)11-15(5)14(13(3)4)16-9-7-6-8-10-16/h12-14H,6-11H2,1-5H3. The maximum atomic E-state index is 2.69. The minimum Gasteiger partial charge on any atom is -0.290 e. The van der Waals surface area contributed by atoms with E-state index < -0.39 is 0 Å². The Morgan fingerprint density at radius 3 is 2.00 bits per heavy atom. The van der Waals surface area contributed by atoms with Gasteiger partial charge in [0.1, 0.15) is 0 Å². The largest absolute Gasteiger partial charge is 0.290 e. The first kappa shape index (κ1) is 14.0. The van der Waals surface area contributed by atoms with E-state index >= 15 is 0 Å². The summed E-state index contributed by atoms with van der Waals surface area (Å²) in [6.07, 6.45) is 4.84. The highest BCUT2D eigenvalue weighted by atomic mass is 15.3. The molecule has 1 heterocycles. The Morgan fingerprint density at radius 2 is 1.56 bits per heavy atom. The lowest BCUT2D eigenvalue weighted by Gasteiger charge is -2.42. The number of rotatable bonds is 5. The van der Waals surface area contributed by atoms with E-state index in [1.54, 1.807) is 0 Å². The van der Waals surface area contributed by atoms with E-state index in [0.717, 1.165) is 11.8 Å². The normalized spacial score (nSPS) is 21.0. The van der Waals surface area contributed by atoms with Gasteiger partial charge in [0, 0.05) is 6.54 Å². The molecule has 1 unspecified atom stereocenters. The van der Waals surface area contributed by atoms with Gasteiger partial charge in [-0.3, -0.25) is 9.80 Å². The van der Waals surface area contributed by atoms with E-state index in [-0.39, 0.29) is 0 Å². The van der Waals surface area contributed by atoms with Crippen molar-refractivity contribution in [2.75, 3.05) is 26.7 Å². The summed E-state index contributed by atoms with van der Waals surface area (Å²) in [5.74, 6) is 1.48. The third-order valence-corrected chi connectivity index (χ3v) is 3.47. The van der Waals surface area contributed by atoms with E-state index in [4.69, 9.17) is 0 Å². The Balaban J connectivity index is 2.57. The third-order valence-electron chi connectivity index (χ3n) is 3.47. The van der Waals surface area contributed by atoms with Crippen LogP contribution in [0.1, 0.15) is 47.0 Å². The van der Waals surface area contributed by atoms with Gasteiger partial charge in [-0.15, -0.1) is 0 Å². The molecule has 0 N–H and O–H groups in total. The predicted octanol–water partition coefficient (Wildman–Crippen LogP) is 3.04. The third kappa shape index (κ3) is 4.06. The molecule has 1 saturated heterocycles. The number of likely N-dealkylation sites (tertiary alicyclic amines) is 1. The minimum atomic E-state index is 0.641. The molecule has 0 aromatic carbocycles. The van der Waals surface area contributed by atoms with Crippen molar-refractivity contribution >= 4 is 0 Å². The summed E-state index contributed by atoms with van der Waals surface area (Å²) in [6, 6.07) is 0. The molecule has 0 saturated carbocycles. The molecule has 1 aliphatic rings. The first-order chi connectivity index (χ1) is 7.52. The van der Waals surface area contributed by atoms with Crippen LogP contribution < -0.4 is 0 Å². The molecule has 0 radical (unpaired) electrons. The molecule has 0 aromatic heterocycles. The number of piperidine rings is 1. The van der Waals surface area contributed by atoms with Gasteiger partial charge in [-0.25, -0.2) is 0 Å². The van der Waals surface area contributed by atoms with Gasteiger partial charge in [0.15, 0.2) is 0 Å². The molecule has 2 heteroatoms. The van der Waals surface area contributed by atoms with Crippen LogP contribution in [0.5, 0.6) is 0 Å². The molecule has 1 fully saturated rings. The van der Waals surface area contributed by atoms with E-state index in [1.165, 1.54) is 38.9 Å². The summed E-state index contributed by atoms with van der Waals surface area (Å²) < 4.78 is 0. The van der Waals surface area contributed by atoms with Crippen molar-refractivity contribution in [3.05, 3.63) is 0 Å². The smallest absolute Gasteiger partial charge is 0.0643 e. The van der Waals surface area contributed by atoms with Crippen molar-refractivity contribution < 1.29 is 0 Å². The molecule has 1 atom stereocenters. The maximum Gasteiger partial charge on any atom is 0.0643 e. The zero-order chi connectivity index (χ0) is 12.1. The SMILES string of the molecule is CC(C)CN(C)C(C(C)C)N1CCCCC1. The fraction of sp³-hybridized carbons (Fsp3) is 1.00. The molecule has 1 aliphatic heterocycles. The highest BCUT2D eigenvalue weighted by molar-refractivity contribution is 4.77. The van der Waals surface area contributed by atoms with Gasteiger partial charge < -0.3 is 0 Å². The minimum absolute atomic E-state index is 0.641. The van der Waals surface area contributed by atoms with Crippen LogP contribution >= 0.6 is 0 Å². The van der Waals surface area contributed by atoms with Gasteiger partial charge in [-0.1, -0.05) is 34.1 Å². The van der Waals surface area contributed by atoms with Crippen molar-refractivity contribution in [3.8, 4) is 0 Å². The molecule has 0 spiro atoms. The molecular weight excluding hydrogens is 196 g/mol. The van der Waals surface area contributed by atoms with Gasteiger partial charge in [0.2, 0.25) is 0 Å². The quantitative estimate of drug-likeness (QED) is 0.711. The average Bonchev–Trinajstić information content (AvgIpc) is 2.17. The Kier molecular flexibility index (Phi) is 5.77. The lowest BCUT2D eigenvalue weighted by molar-refractivity contribution is 0.00853. The van der Waals surface area contributed by atoms with Crippen LogP contribution in [0.15, 0.2) is 0 Å². The average molecular weight is 226 g/mol. The van der Waals surface area contributed by atoms with Crippen LogP contribution in [0.2, 0.25) is 0 Å². The maximum absolute atomic E-state index is 2.69. The van der Waals surface area contributed by atoms with Crippen LogP contribution in [0, 0.1) is 11.8 Å². The molecule has 0 aromatic rings.